The summed E-state index contributed by atoms with van der Waals surface area (Å²) in [5.74, 6) is -2.31. The normalized spacial score (nSPS) is 13.8. The van der Waals surface area contributed by atoms with E-state index in [0.29, 0.717) is 6.42 Å². The minimum Gasteiger partial charge on any atom is -0.464 e. The summed E-state index contributed by atoms with van der Waals surface area (Å²) in [5.41, 5.74) is 4.27. The molecule has 0 spiro atoms. The van der Waals surface area contributed by atoms with E-state index >= 15 is 0 Å². The van der Waals surface area contributed by atoms with E-state index in [1.54, 1.807) is 0 Å². The Hall–Kier alpha value is -1.53. The van der Waals surface area contributed by atoms with Crippen LogP contribution in [0.1, 0.15) is 25.3 Å². The number of hydrogen-bond acceptors (Lipinski definition) is 4. The smallest absolute Gasteiger partial charge is 0.328 e. The Labute approximate surface area is 116 Å². The molecule has 1 unspecified atom stereocenters. The van der Waals surface area contributed by atoms with Crippen molar-refractivity contribution in [2.24, 2.45) is 5.73 Å². The van der Waals surface area contributed by atoms with Crippen LogP contribution in [-0.4, -0.2) is 29.8 Å². The topological polar surface area (TPSA) is 72.5 Å². The van der Waals surface area contributed by atoms with Crippen molar-refractivity contribution in [3.8, 4) is 0 Å². The second-order valence-electron chi connectivity index (χ2n) is 4.76. The first-order valence-corrected chi connectivity index (χ1v) is 6.43. The second-order valence-corrected chi connectivity index (χ2v) is 4.76. The number of benzene rings is 1. The third-order valence-electron chi connectivity index (χ3n) is 2.86. The first kappa shape index (κ1) is 16.5. The molecule has 0 heterocycles. The van der Waals surface area contributed by atoms with E-state index < -0.39 is 29.7 Å². The van der Waals surface area contributed by atoms with Crippen LogP contribution < -0.4 is 5.73 Å². The van der Waals surface area contributed by atoms with Crippen molar-refractivity contribution in [1.82, 2.24) is 0 Å². The van der Waals surface area contributed by atoms with E-state index in [2.05, 4.69) is 0 Å². The molecule has 0 aliphatic rings. The Morgan fingerprint density at radius 1 is 1.35 bits per heavy atom. The van der Waals surface area contributed by atoms with Crippen LogP contribution >= 0.6 is 0 Å². The number of hydrogen-bond donors (Lipinski definition) is 2. The quantitative estimate of drug-likeness (QED) is 0.589. The van der Waals surface area contributed by atoms with Gasteiger partial charge < -0.3 is 15.6 Å². The van der Waals surface area contributed by atoms with Gasteiger partial charge in [-0.3, -0.25) is 0 Å². The van der Waals surface area contributed by atoms with Gasteiger partial charge in [-0.25, -0.2) is 13.6 Å². The molecule has 3 N–H and O–H groups in total. The van der Waals surface area contributed by atoms with Gasteiger partial charge in [0.2, 0.25) is 0 Å². The summed E-state index contributed by atoms with van der Waals surface area (Å²) in [5, 5.41) is 9.30. The molecule has 6 heteroatoms. The first-order valence-electron chi connectivity index (χ1n) is 6.43. The lowest BCUT2D eigenvalue weighted by Gasteiger charge is -2.25. The average molecular weight is 287 g/mol. The molecule has 1 rings (SSSR count). The summed E-state index contributed by atoms with van der Waals surface area (Å²) in [7, 11) is 0. The number of unbranched alkanes of at least 4 members (excludes halogenated alkanes) is 1. The van der Waals surface area contributed by atoms with Gasteiger partial charge in [0.1, 0.15) is 17.2 Å². The summed E-state index contributed by atoms with van der Waals surface area (Å²) >= 11 is 0. The number of aliphatic hydroxyl groups excluding tert-OH is 1. The van der Waals surface area contributed by atoms with Crippen LogP contribution in [-0.2, 0) is 16.0 Å². The maximum atomic E-state index is 13.1. The SMILES string of the molecule is CCCCOC(=O)C(N)(CO)Cc1cc(F)cc(F)c1. The van der Waals surface area contributed by atoms with Crippen LogP contribution in [0, 0.1) is 11.6 Å². The van der Waals surface area contributed by atoms with Crippen molar-refractivity contribution in [2.75, 3.05) is 13.2 Å². The monoisotopic (exact) mass is 287 g/mol. The predicted molar refractivity (Wildman–Crippen MR) is 69.9 cm³/mol. The van der Waals surface area contributed by atoms with Crippen LogP contribution in [0.4, 0.5) is 8.78 Å². The molecule has 0 radical (unpaired) electrons. The number of nitrogens with two attached hydrogens (primary N) is 1. The van der Waals surface area contributed by atoms with E-state index in [1.807, 2.05) is 6.92 Å². The molecule has 0 bridgehead atoms. The van der Waals surface area contributed by atoms with Gasteiger partial charge in [-0.2, -0.15) is 0 Å². The largest absolute Gasteiger partial charge is 0.464 e. The van der Waals surface area contributed by atoms with Crippen molar-refractivity contribution in [1.29, 1.82) is 0 Å². The molecule has 0 aliphatic carbocycles. The van der Waals surface area contributed by atoms with Crippen LogP contribution in [0.2, 0.25) is 0 Å². The Kier molecular flexibility index (Phi) is 6.04. The standard InChI is InChI=1S/C14H19F2NO3/c1-2-3-4-20-13(19)14(17,9-18)8-10-5-11(15)7-12(16)6-10/h5-7,18H,2-4,8-9,17H2,1H3. The molecule has 0 amide bonds. The summed E-state index contributed by atoms with van der Waals surface area (Å²) in [4.78, 5) is 11.9. The molecule has 4 nitrogen and oxygen atoms in total. The zero-order valence-electron chi connectivity index (χ0n) is 11.4. The Bertz CT molecular complexity index is 447. The molecule has 112 valence electrons. The minimum absolute atomic E-state index is 0.187. The fraction of sp³-hybridized carbons (Fsp3) is 0.500. The predicted octanol–water partition coefficient (Wildman–Crippen LogP) is 1.54. The highest BCUT2D eigenvalue weighted by atomic mass is 19.1. The number of halogens is 2. The van der Waals surface area contributed by atoms with E-state index in [0.717, 1.165) is 24.6 Å². The molecule has 0 saturated heterocycles. The molecule has 0 saturated carbocycles. The summed E-state index contributed by atoms with van der Waals surface area (Å²) in [6, 6.07) is 2.86. The Morgan fingerprint density at radius 3 is 2.45 bits per heavy atom. The van der Waals surface area contributed by atoms with Gasteiger partial charge in [0, 0.05) is 12.5 Å². The Balaban J connectivity index is 2.80. The third-order valence-corrected chi connectivity index (χ3v) is 2.86. The lowest BCUT2D eigenvalue weighted by molar-refractivity contribution is -0.151. The second kappa shape index (κ2) is 7.31. The molecule has 1 aromatic rings. The van der Waals surface area contributed by atoms with Crippen molar-refractivity contribution in [3.63, 3.8) is 0 Å². The van der Waals surface area contributed by atoms with E-state index in [4.69, 9.17) is 10.5 Å². The van der Waals surface area contributed by atoms with Gasteiger partial charge in [-0.15, -0.1) is 0 Å². The lowest BCUT2D eigenvalue weighted by Crippen LogP contribution is -2.54. The number of aliphatic hydroxyl groups is 1. The van der Waals surface area contributed by atoms with Crippen LogP contribution in [0.15, 0.2) is 18.2 Å². The lowest BCUT2D eigenvalue weighted by atomic mass is 9.92. The molecule has 0 aliphatic heterocycles. The van der Waals surface area contributed by atoms with Crippen LogP contribution in [0.25, 0.3) is 0 Å². The molecule has 0 aromatic heterocycles. The fourth-order valence-electron chi connectivity index (χ4n) is 1.72. The molecular formula is C14H19F2NO3. The maximum absolute atomic E-state index is 13.1. The maximum Gasteiger partial charge on any atom is 0.328 e. The number of rotatable bonds is 7. The zero-order chi connectivity index (χ0) is 15.2. The van der Waals surface area contributed by atoms with Crippen molar-refractivity contribution in [2.45, 2.75) is 31.7 Å². The molecule has 1 aromatic carbocycles. The minimum atomic E-state index is -1.70. The highest BCUT2D eigenvalue weighted by molar-refractivity contribution is 5.81. The average Bonchev–Trinajstić information content (AvgIpc) is 2.37. The van der Waals surface area contributed by atoms with Crippen molar-refractivity contribution >= 4 is 5.97 Å². The molecule has 20 heavy (non-hydrogen) atoms. The van der Waals surface area contributed by atoms with Gasteiger partial charge >= 0.3 is 5.97 Å². The first-order chi connectivity index (χ1) is 9.41. The molecular weight excluding hydrogens is 268 g/mol. The van der Waals surface area contributed by atoms with Gasteiger partial charge in [0.25, 0.3) is 0 Å². The van der Waals surface area contributed by atoms with Gasteiger partial charge in [-0.1, -0.05) is 13.3 Å². The van der Waals surface area contributed by atoms with Crippen LogP contribution in [0.5, 0.6) is 0 Å². The highest BCUT2D eigenvalue weighted by Crippen LogP contribution is 2.16. The zero-order valence-corrected chi connectivity index (χ0v) is 11.4. The summed E-state index contributed by atoms with van der Waals surface area (Å²) in [6.45, 7) is 1.47. The highest BCUT2D eigenvalue weighted by Gasteiger charge is 2.35. The number of esters is 1. The van der Waals surface area contributed by atoms with Gasteiger partial charge in [0.15, 0.2) is 0 Å². The van der Waals surface area contributed by atoms with Crippen molar-refractivity contribution < 1.29 is 23.4 Å². The van der Waals surface area contributed by atoms with Crippen molar-refractivity contribution in [3.05, 3.63) is 35.4 Å². The number of carbonyl (C=O) groups is 1. The van der Waals surface area contributed by atoms with Gasteiger partial charge in [-0.05, 0) is 24.1 Å². The molecule has 1 atom stereocenters. The Morgan fingerprint density at radius 2 is 1.95 bits per heavy atom. The van der Waals surface area contributed by atoms with Crippen LogP contribution in [0.3, 0.4) is 0 Å². The third kappa shape index (κ3) is 4.54. The van der Waals surface area contributed by atoms with Gasteiger partial charge in [0.05, 0.1) is 13.2 Å². The number of carbonyl (C=O) groups excluding carboxylic acids is 1. The molecule has 0 fully saturated rings. The van der Waals surface area contributed by atoms with E-state index in [1.165, 1.54) is 0 Å². The summed E-state index contributed by atoms with van der Waals surface area (Å²) < 4.78 is 31.2. The van der Waals surface area contributed by atoms with E-state index in [9.17, 15) is 18.7 Å². The number of ether oxygens (including phenoxy) is 1. The fourth-order valence-corrected chi connectivity index (χ4v) is 1.72. The summed E-state index contributed by atoms with van der Waals surface area (Å²) in [6.07, 6.45) is 1.32. The van der Waals surface area contributed by atoms with E-state index in [-0.39, 0.29) is 18.6 Å².